The lowest BCUT2D eigenvalue weighted by Gasteiger charge is -2.44. The number of fused-ring (bicyclic) bond motifs is 1. The van der Waals surface area contributed by atoms with Crippen LogP contribution in [0.2, 0.25) is 0 Å². The van der Waals surface area contributed by atoms with E-state index < -0.39 is 18.0 Å². The summed E-state index contributed by atoms with van der Waals surface area (Å²) in [6.45, 7) is 4.99. The van der Waals surface area contributed by atoms with Crippen molar-refractivity contribution in [3.05, 3.63) is 41.1 Å². The SMILES string of the molecule is C[C@@H](O)[C@H]1C(=O)N2C(C(=O)O)=C(c3ccc(C[N+]4(C)CCCCC4)cc3)C[C@H]12. The molecule has 0 bridgehead atoms. The molecule has 0 radical (unpaired) electrons. The van der Waals surface area contributed by atoms with Crippen LogP contribution < -0.4 is 0 Å². The van der Waals surface area contributed by atoms with Gasteiger partial charge >= 0.3 is 5.97 Å². The summed E-state index contributed by atoms with van der Waals surface area (Å²) in [5, 5.41) is 19.6. The number of hydrogen-bond acceptors (Lipinski definition) is 3. The van der Waals surface area contributed by atoms with Gasteiger partial charge in [-0.05, 0) is 43.7 Å². The second-order valence-electron chi connectivity index (χ2n) is 8.86. The van der Waals surface area contributed by atoms with Crippen molar-refractivity contribution in [3.8, 4) is 0 Å². The van der Waals surface area contributed by atoms with Crippen molar-refractivity contribution in [1.82, 2.24) is 4.90 Å². The van der Waals surface area contributed by atoms with Gasteiger partial charge in [0.2, 0.25) is 5.91 Å². The molecule has 4 rings (SSSR count). The highest BCUT2D eigenvalue weighted by molar-refractivity contribution is 6.06. The van der Waals surface area contributed by atoms with Crippen molar-refractivity contribution in [3.63, 3.8) is 0 Å². The number of quaternary nitrogens is 1. The molecular formula is C22H29N2O4+. The first-order chi connectivity index (χ1) is 13.3. The fourth-order valence-corrected chi connectivity index (χ4v) is 5.21. The minimum Gasteiger partial charge on any atom is -0.477 e. The topological polar surface area (TPSA) is 77.8 Å². The molecule has 0 saturated carbocycles. The Hall–Kier alpha value is -2.18. The fraction of sp³-hybridized carbons (Fsp3) is 0.545. The van der Waals surface area contributed by atoms with Gasteiger partial charge in [0.15, 0.2) is 0 Å². The molecule has 150 valence electrons. The number of carbonyl (C=O) groups excluding carboxylic acids is 1. The number of nitrogens with zero attached hydrogens (tertiary/aromatic N) is 2. The van der Waals surface area contributed by atoms with Gasteiger partial charge in [0.05, 0.1) is 38.2 Å². The summed E-state index contributed by atoms with van der Waals surface area (Å²) in [6, 6.07) is 7.90. The van der Waals surface area contributed by atoms with E-state index in [9.17, 15) is 19.8 Å². The molecule has 28 heavy (non-hydrogen) atoms. The van der Waals surface area contributed by atoms with Crippen LogP contribution in [0.5, 0.6) is 0 Å². The van der Waals surface area contributed by atoms with Gasteiger partial charge in [-0.2, -0.15) is 0 Å². The summed E-state index contributed by atoms with van der Waals surface area (Å²) >= 11 is 0. The molecule has 2 saturated heterocycles. The molecule has 1 amide bonds. The Morgan fingerprint density at radius 2 is 1.86 bits per heavy atom. The van der Waals surface area contributed by atoms with Gasteiger partial charge in [-0.3, -0.25) is 4.79 Å². The molecule has 2 N–H and O–H groups in total. The van der Waals surface area contributed by atoms with Crippen molar-refractivity contribution in [2.45, 2.75) is 51.3 Å². The van der Waals surface area contributed by atoms with Crippen LogP contribution in [0.15, 0.2) is 30.0 Å². The summed E-state index contributed by atoms with van der Waals surface area (Å²) in [4.78, 5) is 25.6. The number of rotatable bonds is 5. The number of likely N-dealkylation sites (tertiary alicyclic amines) is 1. The highest BCUT2D eigenvalue weighted by Crippen LogP contribution is 2.46. The number of aliphatic hydroxyl groups is 1. The minimum atomic E-state index is -1.08. The maximum Gasteiger partial charge on any atom is 0.352 e. The van der Waals surface area contributed by atoms with Crippen LogP contribution in [0.4, 0.5) is 0 Å². The van der Waals surface area contributed by atoms with E-state index in [0.717, 1.165) is 16.6 Å². The van der Waals surface area contributed by atoms with Crippen molar-refractivity contribution in [2.24, 2.45) is 5.92 Å². The third-order valence-corrected chi connectivity index (χ3v) is 6.69. The number of benzene rings is 1. The van der Waals surface area contributed by atoms with E-state index >= 15 is 0 Å². The zero-order valence-corrected chi connectivity index (χ0v) is 16.6. The van der Waals surface area contributed by atoms with Gasteiger partial charge in [-0.15, -0.1) is 0 Å². The molecule has 6 heteroatoms. The van der Waals surface area contributed by atoms with Gasteiger partial charge in [0.1, 0.15) is 12.2 Å². The molecule has 2 fully saturated rings. The molecule has 1 aromatic rings. The molecule has 0 unspecified atom stereocenters. The average molecular weight is 385 g/mol. The Bertz CT molecular complexity index is 821. The third-order valence-electron chi connectivity index (χ3n) is 6.69. The molecule has 3 aliphatic rings. The highest BCUT2D eigenvalue weighted by Gasteiger charge is 2.56. The first-order valence-corrected chi connectivity index (χ1v) is 10.2. The smallest absolute Gasteiger partial charge is 0.352 e. The predicted octanol–water partition coefficient (Wildman–Crippen LogP) is 2.22. The monoisotopic (exact) mass is 385 g/mol. The van der Waals surface area contributed by atoms with Crippen LogP contribution in [0.25, 0.3) is 5.57 Å². The van der Waals surface area contributed by atoms with Gasteiger partial charge in [-0.25, -0.2) is 4.79 Å². The van der Waals surface area contributed by atoms with Crippen LogP contribution in [0, 0.1) is 5.92 Å². The number of piperidine rings is 1. The molecule has 0 spiro atoms. The number of amides is 1. The van der Waals surface area contributed by atoms with Crippen LogP contribution >= 0.6 is 0 Å². The zero-order valence-electron chi connectivity index (χ0n) is 16.6. The van der Waals surface area contributed by atoms with Gasteiger partial charge < -0.3 is 19.6 Å². The van der Waals surface area contributed by atoms with E-state index in [-0.39, 0.29) is 17.6 Å². The number of aliphatic carboxylic acids is 1. The van der Waals surface area contributed by atoms with Gasteiger partial charge in [0.25, 0.3) is 0 Å². The minimum absolute atomic E-state index is 0.0784. The second-order valence-corrected chi connectivity index (χ2v) is 8.86. The van der Waals surface area contributed by atoms with Crippen molar-refractivity contribution >= 4 is 17.4 Å². The summed E-state index contributed by atoms with van der Waals surface area (Å²) in [5.41, 5.74) is 2.88. The Kier molecular flexibility index (Phi) is 4.79. The molecule has 1 aromatic carbocycles. The number of β-lactam (4-membered cyclic amide) rings is 1. The van der Waals surface area contributed by atoms with Crippen molar-refractivity contribution in [1.29, 1.82) is 0 Å². The maximum atomic E-state index is 12.4. The van der Waals surface area contributed by atoms with Gasteiger partial charge in [-0.1, -0.05) is 24.3 Å². The lowest BCUT2D eigenvalue weighted by atomic mass is 9.82. The van der Waals surface area contributed by atoms with Crippen LogP contribution in [0.1, 0.15) is 43.7 Å². The Morgan fingerprint density at radius 3 is 2.43 bits per heavy atom. The summed E-state index contributed by atoms with van der Waals surface area (Å²) in [6.07, 6.45) is 3.59. The Morgan fingerprint density at radius 1 is 1.21 bits per heavy atom. The summed E-state index contributed by atoms with van der Waals surface area (Å²) < 4.78 is 1.06. The van der Waals surface area contributed by atoms with E-state index in [0.29, 0.717) is 12.0 Å². The van der Waals surface area contributed by atoms with E-state index in [1.54, 1.807) is 6.92 Å². The molecule has 3 heterocycles. The first kappa shape index (κ1) is 19.2. The second kappa shape index (κ2) is 7.01. The van der Waals surface area contributed by atoms with Gasteiger partial charge in [0, 0.05) is 5.56 Å². The molecule has 3 aliphatic heterocycles. The van der Waals surface area contributed by atoms with Crippen molar-refractivity contribution < 1.29 is 24.3 Å². The number of aliphatic hydroxyl groups excluding tert-OH is 1. The number of carboxylic acid groups (broad SMARTS) is 1. The average Bonchev–Trinajstić information content (AvgIpc) is 2.97. The Labute approximate surface area is 165 Å². The fourth-order valence-electron chi connectivity index (χ4n) is 5.21. The normalized spacial score (nSPS) is 27.4. The molecule has 0 aromatic heterocycles. The standard InChI is InChI=1S/C22H28N2O4/c1-14(25)19-18-12-17(20(22(27)28)23(18)21(19)26)16-8-6-15(7-9-16)13-24(2)10-4-3-5-11-24/h6-9,14,18-19,25H,3-5,10-13H2,1-2H3/p+1/t14-,18-,19-/m1/s1. The molecule has 0 aliphatic carbocycles. The Balaban J connectivity index is 1.57. The summed E-state index contributed by atoms with van der Waals surface area (Å²) in [7, 11) is 2.31. The van der Waals surface area contributed by atoms with Crippen LogP contribution in [0.3, 0.4) is 0 Å². The van der Waals surface area contributed by atoms with Crippen LogP contribution in [-0.4, -0.2) is 63.8 Å². The molecule has 6 nitrogen and oxygen atoms in total. The van der Waals surface area contributed by atoms with E-state index in [2.05, 4.69) is 19.2 Å². The predicted molar refractivity (Wildman–Crippen MR) is 105 cm³/mol. The quantitative estimate of drug-likeness (QED) is 0.602. The summed E-state index contributed by atoms with van der Waals surface area (Å²) in [5.74, 6) is -1.87. The third kappa shape index (κ3) is 3.14. The highest BCUT2D eigenvalue weighted by atomic mass is 16.4. The molecule has 3 atom stereocenters. The largest absolute Gasteiger partial charge is 0.477 e. The van der Waals surface area contributed by atoms with E-state index in [1.807, 2.05) is 12.1 Å². The number of carbonyl (C=O) groups is 2. The van der Waals surface area contributed by atoms with E-state index in [4.69, 9.17) is 0 Å². The number of hydrogen-bond donors (Lipinski definition) is 2. The van der Waals surface area contributed by atoms with E-state index in [1.165, 1.54) is 42.8 Å². The van der Waals surface area contributed by atoms with Crippen molar-refractivity contribution in [2.75, 3.05) is 20.1 Å². The zero-order chi connectivity index (χ0) is 20.1. The lowest BCUT2D eigenvalue weighted by Crippen LogP contribution is -2.61. The number of carboxylic acids is 1. The lowest BCUT2D eigenvalue weighted by molar-refractivity contribution is -0.926. The molecular weight excluding hydrogens is 356 g/mol. The maximum absolute atomic E-state index is 12.4. The van der Waals surface area contributed by atoms with Crippen LogP contribution in [-0.2, 0) is 16.1 Å². The first-order valence-electron chi connectivity index (χ1n) is 10.2.